The van der Waals surface area contributed by atoms with E-state index in [1.54, 1.807) is 4.90 Å². The summed E-state index contributed by atoms with van der Waals surface area (Å²) in [6, 6.07) is 1.17. The van der Waals surface area contributed by atoms with Gasteiger partial charge in [0.1, 0.15) is 0 Å². The Kier molecular flexibility index (Phi) is 3.91. The Bertz CT molecular complexity index is 500. The number of piperidine rings is 1. The summed E-state index contributed by atoms with van der Waals surface area (Å²) in [6.45, 7) is 0.689. The van der Waals surface area contributed by atoms with Crippen LogP contribution in [0.5, 0.6) is 0 Å². The van der Waals surface area contributed by atoms with Crippen LogP contribution in [0, 0.1) is 5.82 Å². The van der Waals surface area contributed by atoms with Gasteiger partial charge >= 0.3 is 0 Å². The van der Waals surface area contributed by atoms with E-state index in [1.165, 1.54) is 12.3 Å². The largest absolute Gasteiger partial charge is 0.388 e. The second kappa shape index (κ2) is 5.30. The maximum absolute atomic E-state index is 13.8. The number of carbonyl (C=O) groups excluding carboxylic acids is 1. The third-order valence-electron chi connectivity index (χ3n) is 3.15. The summed E-state index contributed by atoms with van der Waals surface area (Å²) in [5.74, 6) is -0.989. The fraction of sp³-hybridized carbons (Fsp3) is 0.500. The number of aromatic nitrogens is 1. The molecule has 0 radical (unpaired) electrons. The van der Waals surface area contributed by atoms with Gasteiger partial charge in [-0.25, -0.2) is 9.37 Å². The van der Waals surface area contributed by atoms with E-state index < -0.39 is 17.3 Å². The Morgan fingerprint density at radius 1 is 1.68 bits per heavy atom. The number of nitrogens with zero attached hydrogens (tertiary/aromatic N) is 2. The summed E-state index contributed by atoms with van der Waals surface area (Å²) in [7, 11) is 0. The number of rotatable bonds is 3. The Morgan fingerprint density at radius 3 is 3.05 bits per heavy atom. The molecule has 104 valence electrons. The van der Waals surface area contributed by atoms with Crippen LogP contribution < -0.4 is 10.6 Å². The Balaban J connectivity index is 2.19. The molecule has 0 aromatic carbocycles. The smallest absolute Gasteiger partial charge is 0.220 e. The van der Waals surface area contributed by atoms with Crippen molar-refractivity contribution >= 4 is 23.3 Å². The van der Waals surface area contributed by atoms with Crippen molar-refractivity contribution in [3.8, 4) is 0 Å². The topological polar surface area (TPSA) is 79.5 Å². The van der Waals surface area contributed by atoms with Crippen LogP contribution in [-0.4, -0.2) is 34.7 Å². The zero-order valence-corrected chi connectivity index (χ0v) is 11.0. The second-order valence-electron chi connectivity index (χ2n) is 4.85. The molecule has 1 amide bonds. The number of amides is 1. The Labute approximate surface area is 115 Å². The van der Waals surface area contributed by atoms with E-state index in [4.69, 9.17) is 17.3 Å². The molecule has 19 heavy (non-hydrogen) atoms. The van der Waals surface area contributed by atoms with Crippen LogP contribution in [0.25, 0.3) is 0 Å². The van der Waals surface area contributed by atoms with E-state index in [9.17, 15) is 14.3 Å². The fourth-order valence-corrected chi connectivity index (χ4v) is 2.55. The molecule has 0 saturated carbocycles. The van der Waals surface area contributed by atoms with Gasteiger partial charge in [-0.15, -0.1) is 0 Å². The molecule has 3 N–H and O–H groups in total. The molecule has 0 spiro atoms. The maximum Gasteiger partial charge on any atom is 0.220 e. The van der Waals surface area contributed by atoms with E-state index in [1.807, 2.05) is 0 Å². The average molecular weight is 288 g/mol. The molecular formula is C12H15ClFN3O2. The maximum atomic E-state index is 13.8. The van der Waals surface area contributed by atoms with Gasteiger partial charge in [0, 0.05) is 19.3 Å². The van der Waals surface area contributed by atoms with Crippen molar-refractivity contribution in [3.05, 3.63) is 23.1 Å². The summed E-state index contributed by atoms with van der Waals surface area (Å²) in [5.41, 5.74) is 3.89. The van der Waals surface area contributed by atoms with Crippen LogP contribution in [0.15, 0.2) is 12.3 Å². The van der Waals surface area contributed by atoms with E-state index in [0.717, 1.165) is 0 Å². The number of primary amides is 1. The van der Waals surface area contributed by atoms with Crippen molar-refractivity contribution in [2.24, 2.45) is 5.73 Å². The first kappa shape index (κ1) is 14.0. The van der Waals surface area contributed by atoms with Gasteiger partial charge in [-0.2, -0.15) is 0 Å². The van der Waals surface area contributed by atoms with Crippen LogP contribution in [0.3, 0.4) is 0 Å². The third kappa shape index (κ3) is 3.33. The summed E-state index contributed by atoms with van der Waals surface area (Å²) < 4.78 is 13.8. The third-order valence-corrected chi connectivity index (χ3v) is 3.35. The molecule has 1 fully saturated rings. The zero-order valence-electron chi connectivity index (χ0n) is 10.3. The van der Waals surface area contributed by atoms with E-state index in [2.05, 4.69) is 4.98 Å². The SMILES string of the molecule is NC(=O)CC1(O)CCCN(c2ncc(Cl)cc2F)C1. The van der Waals surface area contributed by atoms with Gasteiger partial charge in [-0.1, -0.05) is 11.6 Å². The first-order valence-electron chi connectivity index (χ1n) is 5.96. The molecule has 5 nitrogen and oxygen atoms in total. The van der Waals surface area contributed by atoms with Gasteiger partial charge in [0.05, 0.1) is 17.0 Å². The number of halogens is 2. The molecule has 2 rings (SSSR count). The Hall–Kier alpha value is -1.40. The highest BCUT2D eigenvalue weighted by atomic mass is 35.5. The van der Waals surface area contributed by atoms with E-state index in [0.29, 0.717) is 19.4 Å². The average Bonchev–Trinajstić information content (AvgIpc) is 2.26. The second-order valence-corrected chi connectivity index (χ2v) is 5.29. The molecule has 1 atom stereocenters. The van der Waals surface area contributed by atoms with Gasteiger partial charge in [-0.05, 0) is 18.9 Å². The molecule has 1 aliphatic heterocycles. The molecule has 1 saturated heterocycles. The molecule has 0 bridgehead atoms. The lowest BCUT2D eigenvalue weighted by Gasteiger charge is -2.39. The van der Waals surface area contributed by atoms with E-state index >= 15 is 0 Å². The van der Waals surface area contributed by atoms with Gasteiger partial charge < -0.3 is 15.7 Å². The van der Waals surface area contributed by atoms with Gasteiger partial charge in [0.25, 0.3) is 0 Å². The highest BCUT2D eigenvalue weighted by Gasteiger charge is 2.36. The monoisotopic (exact) mass is 287 g/mol. The number of β-amino-alcohol motifs (C(OH)–C–C–N with tert-alkyl or cyclic N) is 1. The van der Waals surface area contributed by atoms with Gasteiger partial charge in [-0.3, -0.25) is 4.79 Å². The Morgan fingerprint density at radius 2 is 2.42 bits per heavy atom. The highest BCUT2D eigenvalue weighted by molar-refractivity contribution is 6.30. The molecule has 1 unspecified atom stereocenters. The molecular weight excluding hydrogens is 273 g/mol. The van der Waals surface area contributed by atoms with Gasteiger partial charge in [0.2, 0.25) is 5.91 Å². The summed E-state index contributed by atoms with van der Waals surface area (Å²) in [5, 5.41) is 10.5. The predicted octanol–water partition coefficient (Wildman–Crippen LogP) is 1.08. The number of hydrogen-bond acceptors (Lipinski definition) is 4. The lowest BCUT2D eigenvalue weighted by Crippen LogP contribution is -2.50. The first-order valence-corrected chi connectivity index (χ1v) is 6.34. The number of anilines is 1. The van der Waals surface area contributed by atoms with E-state index in [-0.39, 0.29) is 23.8 Å². The minimum Gasteiger partial charge on any atom is -0.388 e. The van der Waals surface area contributed by atoms with Crippen molar-refractivity contribution in [2.45, 2.75) is 24.9 Å². The van der Waals surface area contributed by atoms with Crippen molar-refractivity contribution in [1.82, 2.24) is 4.98 Å². The lowest BCUT2D eigenvalue weighted by atomic mass is 9.89. The van der Waals surface area contributed by atoms with Crippen LogP contribution >= 0.6 is 11.6 Å². The molecule has 7 heteroatoms. The molecule has 0 aliphatic carbocycles. The predicted molar refractivity (Wildman–Crippen MR) is 69.4 cm³/mol. The van der Waals surface area contributed by atoms with Crippen LogP contribution in [0.4, 0.5) is 10.2 Å². The van der Waals surface area contributed by atoms with Crippen LogP contribution in [0.1, 0.15) is 19.3 Å². The number of nitrogens with two attached hydrogens (primary N) is 1. The highest BCUT2D eigenvalue weighted by Crippen LogP contribution is 2.29. The van der Waals surface area contributed by atoms with Crippen molar-refractivity contribution < 1.29 is 14.3 Å². The summed E-state index contributed by atoms with van der Waals surface area (Å²) in [6.07, 6.45) is 2.30. The lowest BCUT2D eigenvalue weighted by molar-refractivity contribution is -0.123. The number of aliphatic hydroxyl groups is 1. The minimum absolute atomic E-state index is 0.126. The molecule has 1 aromatic heterocycles. The standard InChI is InChI=1S/C12H15ClFN3O2/c13-8-4-9(14)11(16-6-8)17-3-1-2-12(19,7-17)5-10(15)18/h4,6,19H,1-3,5,7H2,(H2,15,18). The summed E-state index contributed by atoms with van der Waals surface area (Å²) in [4.78, 5) is 16.5. The normalized spacial score (nSPS) is 23.4. The van der Waals surface area contributed by atoms with Crippen molar-refractivity contribution in [3.63, 3.8) is 0 Å². The van der Waals surface area contributed by atoms with Gasteiger partial charge in [0.15, 0.2) is 11.6 Å². The van der Waals surface area contributed by atoms with Crippen LogP contribution in [0.2, 0.25) is 5.02 Å². The number of hydrogen-bond donors (Lipinski definition) is 2. The minimum atomic E-state index is -1.22. The first-order chi connectivity index (χ1) is 8.89. The fourth-order valence-electron chi connectivity index (χ4n) is 2.40. The molecule has 1 aromatic rings. The van der Waals surface area contributed by atoms with Crippen molar-refractivity contribution in [2.75, 3.05) is 18.0 Å². The quantitative estimate of drug-likeness (QED) is 0.872. The number of pyridine rings is 1. The molecule has 2 heterocycles. The van der Waals surface area contributed by atoms with Crippen LogP contribution in [-0.2, 0) is 4.79 Å². The summed E-state index contributed by atoms with van der Waals surface area (Å²) >= 11 is 5.65. The van der Waals surface area contributed by atoms with Crippen molar-refractivity contribution in [1.29, 1.82) is 0 Å². The molecule has 1 aliphatic rings. The number of carbonyl (C=O) groups is 1. The zero-order chi connectivity index (χ0) is 14.0.